The molecule has 0 aliphatic carbocycles. The van der Waals surface area contributed by atoms with E-state index in [1.54, 1.807) is 0 Å². The number of rotatable bonds is 1. The minimum Gasteiger partial charge on any atom is -0.356 e. The molecule has 0 aliphatic rings. The summed E-state index contributed by atoms with van der Waals surface area (Å²) in [6, 6.07) is 0. The van der Waals surface area contributed by atoms with Crippen LogP contribution in [0.15, 0.2) is 0 Å². The van der Waals surface area contributed by atoms with E-state index in [2.05, 4.69) is 0 Å². The van der Waals surface area contributed by atoms with Gasteiger partial charge >= 0.3 is 6.98 Å². The van der Waals surface area contributed by atoms with E-state index < -0.39 is 0 Å². The van der Waals surface area contributed by atoms with Gasteiger partial charge in [-0.3, -0.25) is 0 Å². The Morgan fingerprint density at radius 2 is 1.50 bits per heavy atom. The van der Waals surface area contributed by atoms with E-state index in [9.17, 15) is 0 Å². The van der Waals surface area contributed by atoms with Crippen LogP contribution in [0.1, 0.15) is 13.8 Å². The highest BCUT2D eigenvalue weighted by Crippen LogP contribution is 1.94. The van der Waals surface area contributed by atoms with Crippen molar-refractivity contribution in [2.75, 3.05) is 0 Å². The Bertz CT molecular complexity index is 29.8. The molecule has 0 spiro atoms. The first kappa shape index (κ1) is 5.98. The highest BCUT2D eigenvalue weighted by Gasteiger charge is 2.04. The van der Waals surface area contributed by atoms with Crippen molar-refractivity contribution in [2.45, 2.75) is 19.7 Å². The van der Waals surface area contributed by atoms with Crippen molar-refractivity contribution in [1.82, 2.24) is 0 Å². The van der Waals surface area contributed by atoms with Gasteiger partial charge in [-0.25, -0.2) is 0 Å². The molecule has 0 amide bonds. The molecule has 0 unspecified atom stereocenters. The molecule has 0 radical (unpaired) electrons. The van der Waals surface area contributed by atoms with E-state index in [0.29, 0.717) is 5.82 Å². The molecule has 4 N–H and O–H groups in total. The fourth-order valence-electron chi connectivity index (χ4n) is 0. The Kier molecular flexibility index (Phi) is 2.20. The lowest BCUT2D eigenvalue weighted by Gasteiger charge is -2.00. The summed E-state index contributed by atoms with van der Waals surface area (Å²) >= 11 is 0. The van der Waals surface area contributed by atoms with Crippen molar-refractivity contribution < 1.29 is 0 Å². The second-order valence-corrected chi connectivity index (χ2v) is 1.82. The second kappa shape index (κ2) is 2.21. The molecule has 0 fully saturated rings. The molecule has 36 valence electrons. The molecular weight excluding hydrogens is 74.9 g/mol. The van der Waals surface area contributed by atoms with E-state index in [0.717, 1.165) is 0 Å². The van der Waals surface area contributed by atoms with Crippen LogP contribution in [0.3, 0.4) is 0 Å². The highest BCUT2D eigenvalue weighted by atomic mass is 14.6. The summed E-state index contributed by atoms with van der Waals surface area (Å²) in [7, 11) is 0. The van der Waals surface area contributed by atoms with Gasteiger partial charge < -0.3 is 11.3 Å². The lowest BCUT2D eigenvalue weighted by molar-refractivity contribution is 1.02. The topological polar surface area (TPSA) is 52.0 Å². The van der Waals surface area contributed by atoms with Gasteiger partial charge in [-0.2, -0.15) is 0 Å². The predicted octanol–water partition coefficient (Wildman–Crippen LogP) is -0.198. The first-order chi connectivity index (χ1) is 2.64. The Labute approximate surface area is 39.0 Å². The zero-order valence-corrected chi connectivity index (χ0v) is 4.31. The number of hydrogen-bond donors (Lipinski definition) is 2. The van der Waals surface area contributed by atoms with Gasteiger partial charge in [-0.05, 0) is 5.82 Å². The van der Waals surface area contributed by atoms with Gasteiger partial charge in [0.05, 0.1) is 0 Å². The van der Waals surface area contributed by atoms with Crippen molar-refractivity contribution in [3.05, 3.63) is 0 Å². The molecule has 0 saturated heterocycles. The average molecular weight is 85.9 g/mol. The van der Waals surface area contributed by atoms with Crippen molar-refractivity contribution in [1.29, 1.82) is 0 Å². The molecular formula is C3H11BN2. The number of hydrogen-bond acceptors (Lipinski definition) is 2. The fourth-order valence-corrected chi connectivity index (χ4v) is 0. The number of nitrogens with two attached hydrogens (primary N) is 2. The lowest BCUT2D eigenvalue weighted by atomic mass is 9.68. The second-order valence-electron chi connectivity index (χ2n) is 1.82. The molecule has 0 heterocycles. The molecule has 0 aliphatic heterocycles. The van der Waals surface area contributed by atoms with Crippen molar-refractivity contribution in [2.24, 2.45) is 11.3 Å². The summed E-state index contributed by atoms with van der Waals surface area (Å²) < 4.78 is 0. The normalized spacial score (nSPS) is 9.50. The van der Waals surface area contributed by atoms with Crippen molar-refractivity contribution in [3.63, 3.8) is 0 Å². The fraction of sp³-hybridized carbons (Fsp3) is 1.00. The highest BCUT2D eigenvalue weighted by molar-refractivity contribution is 6.52. The summed E-state index contributed by atoms with van der Waals surface area (Å²) in [5.41, 5.74) is 10.4. The molecule has 0 bridgehead atoms. The maximum Gasteiger partial charge on any atom is 0.302 e. The van der Waals surface area contributed by atoms with Crippen LogP contribution in [0.25, 0.3) is 0 Å². The largest absolute Gasteiger partial charge is 0.356 e. The van der Waals surface area contributed by atoms with E-state index >= 15 is 0 Å². The van der Waals surface area contributed by atoms with Crippen molar-refractivity contribution in [3.8, 4) is 0 Å². The zero-order valence-electron chi connectivity index (χ0n) is 4.31. The maximum atomic E-state index is 5.21. The minimum absolute atomic E-state index is 0.148. The van der Waals surface area contributed by atoms with Crippen LogP contribution in [0, 0.1) is 0 Å². The summed E-state index contributed by atoms with van der Waals surface area (Å²) in [6.07, 6.45) is 0. The summed E-state index contributed by atoms with van der Waals surface area (Å²) in [4.78, 5) is 0. The Balaban J connectivity index is 2.99. The van der Waals surface area contributed by atoms with Crippen LogP contribution in [0.2, 0.25) is 5.82 Å². The molecule has 6 heavy (non-hydrogen) atoms. The van der Waals surface area contributed by atoms with E-state index in [-0.39, 0.29) is 6.98 Å². The third-order valence-corrected chi connectivity index (χ3v) is 0.770. The van der Waals surface area contributed by atoms with Crippen LogP contribution in [-0.4, -0.2) is 6.98 Å². The molecule has 0 rings (SSSR count). The van der Waals surface area contributed by atoms with Gasteiger partial charge in [-0.1, -0.05) is 13.8 Å². The van der Waals surface area contributed by atoms with Crippen LogP contribution in [-0.2, 0) is 0 Å². The first-order valence-corrected chi connectivity index (χ1v) is 2.15. The molecule has 0 aromatic heterocycles. The quantitative estimate of drug-likeness (QED) is 0.434. The predicted molar refractivity (Wildman–Crippen MR) is 29.2 cm³/mol. The van der Waals surface area contributed by atoms with Gasteiger partial charge in [0.1, 0.15) is 0 Å². The Morgan fingerprint density at radius 3 is 1.50 bits per heavy atom. The zero-order chi connectivity index (χ0) is 5.15. The van der Waals surface area contributed by atoms with Gasteiger partial charge in [0, 0.05) is 0 Å². The molecule has 0 aromatic rings. The SMILES string of the molecule is CC(C)B(N)N. The van der Waals surface area contributed by atoms with Gasteiger partial charge in [-0.15, -0.1) is 0 Å². The van der Waals surface area contributed by atoms with Crippen LogP contribution < -0.4 is 11.3 Å². The van der Waals surface area contributed by atoms with Gasteiger partial charge in [0.25, 0.3) is 0 Å². The molecule has 0 atom stereocenters. The van der Waals surface area contributed by atoms with E-state index in [4.69, 9.17) is 11.3 Å². The van der Waals surface area contributed by atoms with Gasteiger partial charge in [0.15, 0.2) is 0 Å². The molecule has 3 heteroatoms. The Hall–Kier alpha value is -0.0151. The standard InChI is InChI=1S/C3H11BN2/c1-3(2)4(5)6/h3H,5-6H2,1-2H3. The van der Waals surface area contributed by atoms with E-state index in [1.165, 1.54) is 0 Å². The molecule has 2 nitrogen and oxygen atoms in total. The summed E-state index contributed by atoms with van der Waals surface area (Å²) in [5, 5.41) is 0. The van der Waals surface area contributed by atoms with E-state index in [1.807, 2.05) is 13.8 Å². The third kappa shape index (κ3) is 2.24. The van der Waals surface area contributed by atoms with Gasteiger partial charge in [0.2, 0.25) is 0 Å². The van der Waals surface area contributed by atoms with Crippen LogP contribution in [0.4, 0.5) is 0 Å². The van der Waals surface area contributed by atoms with Crippen molar-refractivity contribution >= 4 is 6.98 Å². The molecule has 0 aromatic carbocycles. The average Bonchev–Trinajstić information content (AvgIpc) is 1.36. The smallest absolute Gasteiger partial charge is 0.302 e. The van der Waals surface area contributed by atoms with Crippen LogP contribution in [0.5, 0.6) is 0 Å². The minimum atomic E-state index is -0.148. The first-order valence-electron chi connectivity index (χ1n) is 2.15. The lowest BCUT2D eigenvalue weighted by Crippen LogP contribution is -2.39. The van der Waals surface area contributed by atoms with Crippen LogP contribution >= 0.6 is 0 Å². The Morgan fingerprint density at radius 1 is 1.33 bits per heavy atom. The summed E-state index contributed by atoms with van der Waals surface area (Å²) in [5.74, 6) is 0.407. The monoisotopic (exact) mass is 86.1 g/mol. The summed E-state index contributed by atoms with van der Waals surface area (Å²) in [6.45, 7) is 3.83. The maximum absolute atomic E-state index is 5.21. The third-order valence-electron chi connectivity index (χ3n) is 0.770. The molecule has 0 saturated carbocycles.